The summed E-state index contributed by atoms with van der Waals surface area (Å²) in [5.41, 5.74) is -0.599. The molecular weight excluding hydrogens is 290 g/mol. The van der Waals surface area contributed by atoms with Crippen LogP contribution in [0.4, 0.5) is 4.79 Å². The van der Waals surface area contributed by atoms with E-state index in [-0.39, 0.29) is 11.8 Å². The molecule has 2 unspecified atom stereocenters. The first-order valence-corrected chi connectivity index (χ1v) is 8.91. The van der Waals surface area contributed by atoms with Crippen molar-refractivity contribution in [3.63, 3.8) is 0 Å². The number of piperidine rings is 1. The second kappa shape index (κ2) is 5.87. The van der Waals surface area contributed by atoms with Crippen LogP contribution in [0.25, 0.3) is 0 Å². The number of nitrogens with zero attached hydrogens (tertiary/aromatic N) is 1. The van der Waals surface area contributed by atoms with E-state index in [2.05, 4.69) is 0 Å². The molecule has 0 aromatic rings. The number of likely N-dealkylation sites (tertiary alicyclic amines) is 1. The summed E-state index contributed by atoms with van der Waals surface area (Å²) >= 11 is 0. The molecule has 0 spiro atoms. The van der Waals surface area contributed by atoms with E-state index in [9.17, 15) is 13.2 Å². The molecule has 5 nitrogen and oxygen atoms in total. The first-order valence-electron chi connectivity index (χ1n) is 6.43. The van der Waals surface area contributed by atoms with E-state index in [0.717, 1.165) is 12.8 Å². The number of ether oxygens (including phenoxy) is 1. The zero-order valence-corrected chi connectivity index (χ0v) is 13.4. The van der Waals surface area contributed by atoms with Gasteiger partial charge in [0.2, 0.25) is 9.05 Å². The van der Waals surface area contributed by atoms with E-state index in [1.54, 1.807) is 20.8 Å². The van der Waals surface area contributed by atoms with E-state index in [1.165, 1.54) is 4.90 Å². The third-order valence-corrected chi connectivity index (χ3v) is 4.18. The summed E-state index contributed by atoms with van der Waals surface area (Å²) in [7, 11) is 1.68. The SMILES string of the molecule is CC1CCCC(CS(=O)(=O)Cl)N1C(=O)OC(C)(C)C. The normalized spacial score (nSPS) is 25.2. The van der Waals surface area contributed by atoms with Gasteiger partial charge in [0.05, 0.1) is 11.8 Å². The molecule has 0 bridgehead atoms. The van der Waals surface area contributed by atoms with Crippen molar-refractivity contribution in [2.75, 3.05) is 5.75 Å². The Labute approximate surface area is 119 Å². The molecule has 0 aromatic carbocycles. The Hall–Kier alpha value is -0.490. The molecule has 1 saturated heterocycles. The van der Waals surface area contributed by atoms with Gasteiger partial charge in [-0.1, -0.05) is 0 Å². The molecule has 1 rings (SSSR count). The molecule has 1 aliphatic heterocycles. The lowest BCUT2D eigenvalue weighted by molar-refractivity contribution is 0.000480. The van der Waals surface area contributed by atoms with Crippen LogP contribution in [0.2, 0.25) is 0 Å². The number of hydrogen-bond donors (Lipinski definition) is 0. The predicted molar refractivity (Wildman–Crippen MR) is 74.8 cm³/mol. The van der Waals surface area contributed by atoms with Crippen LogP contribution in [-0.2, 0) is 13.8 Å². The summed E-state index contributed by atoms with van der Waals surface area (Å²) in [6, 6.07) is -0.437. The minimum absolute atomic E-state index is 0.0352. The maximum absolute atomic E-state index is 12.2. The average molecular weight is 312 g/mol. The van der Waals surface area contributed by atoms with Crippen LogP contribution in [0.15, 0.2) is 0 Å². The maximum atomic E-state index is 12.2. The van der Waals surface area contributed by atoms with Crippen molar-refractivity contribution >= 4 is 25.8 Å². The Morgan fingerprint density at radius 2 is 1.95 bits per heavy atom. The lowest BCUT2D eigenvalue weighted by atomic mass is 9.98. The number of rotatable bonds is 2. The van der Waals surface area contributed by atoms with E-state index in [4.69, 9.17) is 15.4 Å². The molecule has 2 atom stereocenters. The van der Waals surface area contributed by atoms with Gasteiger partial charge < -0.3 is 9.64 Å². The van der Waals surface area contributed by atoms with E-state index in [0.29, 0.717) is 6.42 Å². The van der Waals surface area contributed by atoms with Crippen LogP contribution in [0, 0.1) is 0 Å². The highest BCUT2D eigenvalue weighted by Crippen LogP contribution is 2.26. The Bertz CT molecular complexity index is 430. The molecule has 1 amide bonds. The van der Waals surface area contributed by atoms with E-state index >= 15 is 0 Å². The van der Waals surface area contributed by atoms with Crippen LogP contribution in [0.1, 0.15) is 47.0 Å². The lowest BCUT2D eigenvalue weighted by Gasteiger charge is -2.40. The molecule has 1 heterocycles. The zero-order valence-electron chi connectivity index (χ0n) is 11.8. The van der Waals surface area contributed by atoms with E-state index in [1.807, 2.05) is 6.92 Å². The average Bonchev–Trinajstić information content (AvgIpc) is 2.11. The van der Waals surface area contributed by atoms with Crippen molar-refractivity contribution in [1.29, 1.82) is 0 Å². The summed E-state index contributed by atoms with van der Waals surface area (Å²) < 4.78 is 27.8. The predicted octanol–water partition coefficient (Wildman–Crippen LogP) is 2.73. The third-order valence-electron chi connectivity index (χ3n) is 3.02. The van der Waals surface area contributed by atoms with Gasteiger partial charge in [-0.25, -0.2) is 13.2 Å². The number of halogens is 1. The Morgan fingerprint density at radius 3 is 2.42 bits per heavy atom. The highest BCUT2D eigenvalue weighted by atomic mass is 35.7. The zero-order chi connectivity index (χ0) is 14.8. The summed E-state index contributed by atoms with van der Waals surface area (Å²) in [5.74, 6) is -0.224. The number of carbonyl (C=O) groups excluding carboxylic acids is 1. The number of carbonyl (C=O) groups is 1. The number of amides is 1. The molecule has 1 aliphatic rings. The smallest absolute Gasteiger partial charge is 0.410 e. The second-order valence-corrected chi connectivity index (χ2v) is 8.85. The molecule has 0 N–H and O–H groups in total. The van der Waals surface area contributed by atoms with Crippen molar-refractivity contribution in [2.24, 2.45) is 0 Å². The van der Waals surface area contributed by atoms with Crippen molar-refractivity contribution in [1.82, 2.24) is 4.90 Å². The second-order valence-electron chi connectivity index (χ2n) is 6.03. The fourth-order valence-electron chi connectivity index (χ4n) is 2.32. The molecule has 19 heavy (non-hydrogen) atoms. The number of hydrogen-bond acceptors (Lipinski definition) is 4. The van der Waals surface area contributed by atoms with Gasteiger partial charge in [-0.05, 0) is 47.0 Å². The molecule has 0 saturated carbocycles. The van der Waals surface area contributed by atoms with Gasteiger partial charge in [0.25, 0.3) is 0 Å². The minimum Gasteiger partial charge on any atom is -0.444 e. The summed E-state index contributed by atoms with van der Waals surface area (Å²) in [4.78, 5) is 13.7. The standard InChI is InChI=1S/C12H22ClNO4S/c1-9-6-5-7-10(8-19(13,16)17)14(9)11(15)18-12(2,3)4/h9-10H,5-8H2,1-4H3. The van der Waals surface area contributed by atoms with Gasteiger partial charge >= 0.3 is 6.09 Å². The Balaban J connectivity index is 2.86. The third kappa shape index (κ3) is 5.57. The highest BCUT2D eigenvalue weighted by molar-refractivity contribution is 8.13. The summed E-state index contributed by atoms with van der Waals surface area (Å²) in [6.45, 7) is 7.25. The molecule has 0 radical (unpaired) electrons. The van der Waals surface area contributed by atoms with Crippen molar-refractivity contribution < 1.29 is 17.9 Å². The molecule has 7 heteroatoms. The minimum atomic E-state index is -3.63. The van der Waals surface area contributed by atoms with Crippen LogP contribution in [-0.4, -0.2) is 42.8 Å². The fraction of sp³-hybridized carbons (Fsp3) is 0.917. The fourth-order valence-corrected chi connectivity index (χ4v) is 3.55. The molecule has 112 valence electrons. The lowest BCUT2D eigenvalue weighted by Crippen LogP contribution is -2.52. The van der Waals surface area contributed by atoms with E-state index < -0.39 is 26.8 Å². The van der Waals surface area contributed by atoms with Gasteiger partial charge in [0, 0.05) is 16.7 Å². The highest BCUT2D eigenvalue weighted by Gasteiger charge is 2.36. The monoisotopic (exact) mass is 311 g/mol. The van der Waals surface area contributed by atoms with Gasteiger partial charge in [0.1, 0.15) is 5.60 Å². The molecule has 0 aliphatic carbocycles. The Morgan fingerprint density at radius 1 is 1.37 bits per heavy atom. The van der Waals surface area contributed by atoms with Gasteiger partial charge in [-0.2, -0.15) is 0 Å². The molecule has 1 fully saturated rings. The quantitative estimate of drug-likeness (QED) is 0.736. The van der Waals surface area contributed by atoms with Gasteiger partial charge in [-0.3, -0.25) is 0 Å². The van der Waals surface area contributed by atoms with Crippen LogP contribution in [0.3, 0.4) is 0 Å². The van der Waals surface area contributed by atoms with Crippen molar-refractivity contribution in [3.8, 4) is 0 Å². The van der Waals surface area contributed by atoms with Crippen LogP contribution >= 0.6 is 10.7 Å². The summed E-state index contributed by atoms with van der Waals surface area (Å²) in [6.07, 6.45) is 1.90. The van der Waals surface area contributed by atoms with Crippen molar-refractivity contribution in [2.45, 2.75) is 64.6 Å². The largest absolute Gasteiger partial charge is 0.444 e. The maximum Gasteiger partial charge on any atom is 0.410 e. The first kappa shape index (κ1) is 16.6. The molecule has 0 aromatic heterocycles. The first-order chi connectivity index (χ1) is 8.49. The van der Waals surface area contributed by atoms with Crippen LogP contribution in [0.5, 0.6) is 0 Å². The topological polar surface area (TPSA) is 63.7 Å². The van der Waals surface area contributed by atoms with Gasteiger partial charge in [-0.15, -0.1) is 0 Å². The Kier molecular flexibility index (Phi) is 5.12. The van der Waals surface area contributed by atoms with Gasteiger partial charge in [0.15, 0.2) is 0 Å². The van der Waals surface area contributed by atoms with Crippen molar-refractivity contribution in [3.05, 3.63) is 0 Å². The van der Waals surface area contributed by atoms with Crippen LogP contribution < -0.4 is 0 Å². The summed E-state index contributed by atoms with van der Waals surface area (Å²) in [5, 5.41) is 0. The molecular formula is C12H22ClNO4S.